The molecule has 0 N–H and O–H groups in total. The van der Waals surface area contributed by atoms with Crippen molar-refractivity contribution in [1.29, 1.82) is 0 Å². The minimum Gasteiger partial charge on any atom is -0.497 e. The first-order valence-electron chi connectivity index (χ1n) is 7.05. The minimum atomic E-state index is 0.367. The second-order valence-electron chi connectivity index (χ2n) is 5.14. The fourth-order valence-corrected chi connectivity index (χ4v) is 2.37. The van der Waals surface area contributed by atoms with E-state index in [9.17, 15) is 0 Å². The second-order valence-corrected chi connectivity index (χ2v) is 5.14. The predicted octanol–water partition coefficient (Wildman–Crippen LogP) is 1.97. The third-order valence-electron chi connectivity index (χ3n) is 3.64. The summed E-state index contributed by atoms with van der Waals surface area (Å²) in [4.78, 5) is 6.75. The van der Waals surface area contributed by atoms with Gasteiger partial charge in [0.25, 0.3) is 0 Å². The van der Waals surface area contributed by atoms with Crippen LogP contribution in [0.15, 0.2) is 28.8 Å². The summed E-state index contributed by atoms with van der Waals surface area (Å²) in [6, 6.07) is 8.00. The molecule has 1 aromatic heterocycles. The largest absolute Gasteiger partial charge is 0.497 e. The van der Waals surface area contributed by atoms with Crippen molar-refractivity contribution < 1.29 is 14.0 Å². The number of hydrogen-bond acceptors (Lipinski definition) is 6. The zero-order valence-electron chi connectivity index (χ0n) is 12.3. The third-order valence-corrected chi connectivity index (χ3v) is 3.64. The van der Waals surface area contributed by atoms with E-state index in [2.05, 4.69) is 22.0 Å². The van der Waals surface area contributed by atoms with Crippen LogP contribution in [0.25, 0.3) is 11.4 Å². The highest BCUT2D eigenvalue weighted by Crippen LogP contribution is 2.21. The zero-order chi connectivity index (χ0) is 14.7. The van der Waals surface area contributed by atoms with E-state index >= 15 is 0 Å². The Morgan fingerprint density at radius 2 is 2.33 bits per heavy atom. The molecule has 6 heteroatoms. The highest BCUT2D eigenvalue weighted by molar-refractivity contribution is 5.56. The van der Waals surface area contributed by atoms with E-state index in [4.69, 9.17) is 14.0 Å². The van der Waals surface area contributed by atoms with Gasteiger partial charge < -0.3 is 14.0 Å². The molecule has 0 radical (unpaired) electrons. The number of rotatable bonds is 4. The first-order chi connectivity index (χ1) is 10.3. The molecule has 2 aromatic rings. The van der Waals surface area contributed by atoms with Gasteiger partial charge in [0.2, 0.25) is 11.7 Å². The lowest BCUT2D eigenvalue weighted by molar-refractivity contribution is -0.00852. The van der Waals surface area contributed by atoms with Crippen molar-refractivity contribution in [2.24, 2.45) is 0 Å². The lowest BCUT2D eigenvalue weighted by Crippen LogP contribution is -2.42. The molecule has 1 atom stereocenters. The van der Waals surface area contributed by atoms with Crippen LogP contribution in [0.4, 0.5) is 0 Å². The Kier molecular flexibility index (Phi) is 4.17. The molecule has 1 aromatic carbocycles. The average molecular weight is 289 g/mol. The number of benzene rings is 1. The number of aromatic nitrogens is 2. The standard InChI is InChI=1S/C15H19N3O3/c1-11-10-20-7-6-18(11)9-14-16-15(17-21-14)12-4-3-5-13(8-12)19-2/h3-5,8,11H,6-7,9-10H2,1-2H3/t11-/m1/s1. The molecule has 1 aliphatic rings. The van der Waals surface area contributed by atoms with Crippen molar-refractivity contribution >= 4 is 0 Å². The Hall–Kier alpha value is -1.92. The van der Waals surface area contributed by atoms with Crippen LogP contribution >= 0.6 is 0 Å². The summed E-state index contributed by atoms with van der Waals surface area (Å²) in [6.07, 6.45) is 0. The van der Waals surface area contributed by atoms with Crippen LogP contribution in [-0.4, -0.2) is 48.0 Å². The van der Waals surface area contributed by atoms with Crippen LogP contribution in [-0.2, 0) is 11.3 Å². The molecule has 0 saturated carbocycles. The van der Waals surface area contributed by atoms with Crippen molar-refractivity contribution in [3.8, 4) is 17.1 Å². The summed E-state index contributed by atoms with van der Waals surface area (Å²) in [5, 5.41) is 4.05. The van der Waals surface area contributed by atoms with Crippen LogP contribution < -0.4 is 4.74 Å². The molecule has 21 heavy (non-hydrogen) atoms. The van der Waals surface area contributed by atoms with Gasteiger partial charge in [-0.3, -0.25) is 4.90 Å². The molecule has 6 nitrogen and oxygen atoms in total. The van der Waals surface area contributed by atoms with Crippen molar-refractivity contribution in [3.63, 3.8) is 0 Å². The van der Waals surface area contributed by atoms with Crippen LogP contribution in [0.1, 0.15) is 12.8 Å². The van der Waals surface area contributed by atoms with Gasteiger partial charge in [0, 0.05) is 18.2 Å². The second kappa shape index (κ2) is 6.24. The molecule has 112 valence electrons. The highest BCUT2D eigenvalue weighted by atomic mass is 16.5. The van der Waals surface area contributed by atoms with Crippen LogP contribution in [0.5, 0.6) is 5.75 Å². The Morgan fingerprint density at radius 3 is 3.14 bits per heavy atom. The molecule has 0 aliphatic carbocycles. The monoisotopic (exact) mass is 289 g/mol. The first kappa shape index (κ1) is 14.0. The highest BCUT2D eigenvalue weighted by Gasteiger charge is 2.21. The summed E-state index contributed by atoms with van der Waals surface area (Å²) in [6.45, 7) is 5.18. The van der Waals surface area contributed by atoms with Crippen molar-refractivity contribution in [1.82, 2.24) is 15.0 Å². The van der Waals surface area contributed by atoms with E-state index in [1.54, 1.807) is 7.11 Å². The van der Waals surface area contributed by atoms with Gasteiger partial charge in [-0.15, -0.1) is 0 Å². The Morgan fingerprint density at radius 1 is 1.43 bits per heavy atom. The average Bonchev–Trinajstić information content (AvgIpc) is 2.98. The molecular weight excluding hydrogens is 270 g/mol. The molecule has 0 bridgehead atoms. The fourth-order valence-electron chi connectivity index (χ4n) is 2.37. The maximum absolute atomic E-state index is 5.43. The maximum Gasteiger partial charge on any atom is 0.241 e. The van der Waals surface area contributed by atoms with Gasteiger partial charge in [0.1, 0.15) is 5.75 Å². The van der Waals surface area contributed by atoms with Crippen LogP contribution in [0, 0.1) is 0 Å². The van der Waals surface area contributed by atoms with Gasteiger partial charge in [-0.1, -0.05) is 17.3 Å². The smallest absolute Gasteiger partial charge is 0.241 e. The van der Waals surface area contributed by atoms with E-state index in [1.807, 2.05) is 24.3 Å². The molecule has 1 aliphatic heterocycles. The van der Waals surface area contributed by atoms with Crippen LogP contribution in [0.3, 0.4) is 0 Å². The molecule has 1 fully saturated rings. The van der Waals surface area contributed by atoms with Crippen LogP contribution in [0.2, 0.25) is 0 Å². The van der Waals surface area contributed by atoms with Gasteiger partial charge in [0.15, 0.2) is 0 Å². The summed E-state index contributed by atoms with van der Waals surface area (Å²) in [5.74, 6) is 1.99. The number of hydrogen-bond donors (Lipinski definition) is 0. The molecule has 3 rings (SSSR count). The predicted molar refractivity (Wildman–Crippen MR) is 77.0 cm³/mol. The van der Waals surface area contributed by atoms with Crippen molar-refractivity contribution in [2.45, 2.75) is 19.5 Å². The Labute approximate surface area is 123 Å². The molecule has 0 unspecified atom stereocenters. The summed E-state index contributed by atoms with van der Waals surface area (Å²) >= 11 is 0. The summed E-state index contributed by atoms with van der Waals surface area (Å²) < 4.78 is 16.0. The third kappa shape index (κ3) is 3.22. The van der Waals surface area contributed by atoms with E-state index in [0.717, 1.165) is 31.1 Å². The number of ether oxygens (including phenoxy) is 2. The molecule has 2 heterocycles. The first-order valence-corrected chi connectivity index (χ1v) is 7.05. The quantitative estimate of drug-likeness (QED) is 0.857. The minimum absolute atomic E-state index is 0.367. The zero-order valence-corrected chi connectivity index (χ0v) is 12.3. The molecular formula is C15H19N3O3. The molecule has 1 saturated heterocycles. The molecule has 0 amide bonds. The van der Waals surface area contributed by atoms with Gasteiger partial charge in [-0.05, 0) is 19.1 Å². The Balaban J connectivity index is 1.73. The lowest BCUT2D eigenvalue weighted by atomic mass is 10.2. The SMILES string of the molecule is COc1cccc(-c2noc(CN3CCOC[C@H]3C)n2)c1. The summed E-state index contributed by atoms with van der Waals surface area (Å²) in [5.41, 5.74) is 0.888. The molecule has 0 spiro atoms. The van der Waals surface area contributed by atoms with Gasteiger partial charge in [-0.2, -0.15) is 4.98 Å². The lowest BCUT2D eigenvalue weighted by Gasteiger charge is -2.31. The summed E-state index contributed by atoms with van der Waals surface area (Å²) in [7, 11) is 1.64. The van der Waals surface area contributed by atoms with Gasteiger partial charge in [-0.25, -0.2) is 0 Å². The van der Waals surface area contributed by atoms with Crippen molar-refractivity contribution in [3.05, 3.63) is 30.2 Å². The maximum atomic E-state index is 5.43. The normalized spacial score (nSPS) is 19.6. The number of methoxy groups -OCH3 is 1. The van der Waals surface area contributed by atoms with E-state index < -0.39 is 0 Å². The Bertz CT molecular complexity index is 599. The van der Waals surface area contributed by atoms with E-state index in [-0.39, 0.29) is 0 Å². The van der Waals surface area contributed by atoms with Gasteiger partial charge in [0.05, 0.1) is 26.9 Å². The van der Waals surface area contributed by atoms with E-state index in [1.165, 1.54) is 0 Å². The van der Waals surface area contributed by atoms with Gasteiger partial charge >= 0.3 is 0 Å². The fraction of sp³-hybridized carbons (Fsp3) is 0.467. The van der Waals surface area contributed by atoms with E-state index in [0.29, 0.717) is 24.3 Å². The number of morpholine rings is 1. The van der Waals surface area contributed by atoms with Crippen molar-refractivity contribution in [2.75, 3.05) is 26.9 Å². The number of nitrogens with zero attached hydrogens (tertiary/aromatic N) is 3. The topological polar surface area (TPSA) is 60.6 Å².